The Morgan fingerprint density at radius 3 is 2.33 bits per heavy atom. The fraction of sp³-hybridized carbons (Fsp3) is 0.125. The number of para-hydroxylation sites is 1. The van der Waals surface area contributed by atoms with Crippen molar-refractivity contribution in [3.8, 4) is 11.3 Å². The first kappa shape index (κ1) is 18.1. The molecule has 6 heteroatoms. The van der Waals surface area contributed by atoms with E-state index in [2.05, 4.69) is 0 Å². The first-order valence-electron chi connectivity index (χ1n) is 9.40. The van der Waals surface area contributed by atoms with Crippen molar-refractivity contribution in [3.05, 3.63) is 80.0 Å². The summed E-state index contributed by atoms with van der Waals surface area (Å²) in [7, 11) is 0. The fourth-order valence-electron chi connectivity index (χ4n) is 3.90. The summed E-state index contributed by atoms with van der Waals surface area (Å²) in [5.74, 6) is 0.287. The minimum absolute atomic E-state index is 0.0402. The maximum Gasteiger partial charge on any atom is 0.347 e. The molecule has 0 unspecified atom stereocenters. The molecule has 2 aromatic carbocycles. The summed E-state index contributed by atoms with van der Waals surface area (Å²) < 4.78 is 17.1. The van der Waals surface area contributed by atoms with Gasteiger partial charge >= 0.3 is 5.63 Å². The van der Waals surface area contributed by atoms with E-state index < -0.39 is 5.63 Å². The number of carbonyl (C=O) groups is 1. The minimum atomic E-state index is -0.510. The number of benzene rings is 2. The Morgan fingerprint density at radius 1 is 0.833 bits per heavy atom. The Balaban J connectivity index is 1.83. The Morgan fingerprint density at radius 2 is 1.57 bits per heavy atom. The topological polar surface area (TPSA) is 90.6 Å². The van der Waals surface area contributed by atoms with Crippen LogP contribution in [-0.2, 0) is 0 Å². The van der Waals surface area contributed by atoms with Crippen LogP contribution in [0.1, 0.15) is 28.6 Å². The second kappa shape index (κ2) is 6.29. The maximum atomic E-state index is 12.8. The molecule has 0 saturated carbocycles. The Kier molecular flexibility index (Phi) is 3.80. The van der Waals surface area contributed by atoms with E-state index in [-0.39, 0.29) is 22.5 Å². The van der Waals surface area contributed by atoms with Gasteiger partial charge in [0.1, 0.15) is 39.4 Å². The van der Waals surface area contributed by atoms with Crippen LogP contribution < -0.4 is 11.1 Å². The Labute approximate surface area is 169 Å². The predicted molar refractivity (Wildman–Crippen MR) is 113 cm³/mol. The fourth-order valence-corrected chi connectivity index (χ4v) is 3.90. The number of rotatable bonds is 2. The average molecular weight is 400 g/mol. The number of hydrogen-bond acceptors (Lipinski definition) is 6. The van der Waals surface area contributed by atoms with Gasteiger partial charge in [0.2, 0.25) is 5.43 Å². The zero-order valence-electron chi connectivity index (χ0n) is 16.5. The highest BCUT2D eigenvalue weighted by atomic mass is 16.4. The predicted octanol–water partition coefficient (Wildman–Crippen LogP) is 5.13. The van der Waals surface area contributed by atoms with E-state index in [1.54, 1.807) is 37.3 Å². The van der Waals surface area contributed by atoms with Crippen LogP contribution in [0.5, 0.6) is 0 Å². The standard InChI is InChI=1S/C24H16O6/c1-11-15-9-16-20(28-13(3)21(12(2)25)22(16)26)10-19(15)29-23(11)17-8-14-6-4-5-7-18(14)30-24(17)27/h4-10H,1-3H3. The van der Waals surface area contributed by atoms with E-state index in [1.807, 2.05) is 19.1 Å². The highest BCUT2D eigenvalue weighted by Gasteiger charge is 2.21. The van der Waals surface area contributed by atoms with E-state index >= 15 is 0 Å². The first-order valence-corrected chi connectivity index (χ1v) is 9.40. The number of fused-ring (bicyclic) bond motifs is 3. The van der Waals surface area contributed by atoms with Crippen LogP contribution in [0.2, 0.25) is 0 Å². The van der Waals surface area contributed by atoms with Crippen LogP contribution in [0.4, 0.5) is 0 Å². The van der Waals surface area contributed by atoms with Gasteiger partial charge in [-0.1, -0.05) is 18.2 Å². The zero-order valence-corrected chi connectivity index (χ0v) is 16.5. The normalized spacial score (nSPS) is 11.6. The van der Waals surface area contributed by atoms with Gasteiger partial charge < -0.3 is 13.3 Å². The molecule has 0 aliphatic rings. The molecule has 148 valence electrons. The lowest BCUT2D eigenvalue weighted by atomic mass is 10.0. The lowest BCUT2D eigenvalue weighted by molar-refractivity contribution is 0.101. The first-order chi connectivity index (χ1) is 14.3. The summed E-state index contributed by atoms with van der Waals surface area (Å²) in [6.07, 6.45) is 0. The third kappa shape index (κ3) is 2.54. The van der Waals surface area contributed by atoms with Crippen molar-refractivity contribution in [1.29, 1.82) is 0 Å². The molecule has 0 bridgehead atoms. The molecule has 0 aliphatic heterocycles. The van der Waals surface area contributed by atoms with E-state index in [1.165, 1.54) is 6.92 Å². The lowest BCUT2D eigenvalue weighted by Crippen LogP contribution is -2.15. The molecule has 0 N–H and O–H groups in total. The molecule has 6 nitrogen and oxygen atoms in total. The summed E-state index contributed by atoms with van der Waals surface area (Å²) >= 11 is 0. The number of ketones is 1. The zero-order chi connectivity index (χ0) is 21.2. The van der Waals surface area contributed by atoms with Gasteiger partial charge in [0.25, 0.3) is 0 Å². The van der Waals surface area contributed by atoms with Crippen LogP contribution >= 0.6 is 0 Å². The minimum Gasteiger partial charge on any atom is -0.460 e. The SMILES string of the molecule is CC(=O)c1c(C)oc2cc3oc(-c4cc5ccccc5oc4=O)c(C)c3cc2c1=O. The van der Waals surface area contributed by atoms with Gasteiger partial charge in [-0.05, 0) is 39.0 Å². The van der Waals surface area contributed by atoms with Crippen LogP contribution in [0.3, 0.4) is 0 Å². The summed E-state index contributed by atoms with van der Waals surface area (Å²) in [6.45, 7) is 4.73. The molecule has 0 amide bonds. The van der Waals surface area contributed by atoms with Gasteiger partial charge in [0.15, 0.2) is 5.78 Å². The molecule has 0 spiro atoms. The third-order valence-corrected chi connectivity index (χ3v) is 5.36. The Hall–Kier alpha value is -3.93. The van der Waals surface area contributed by atoms with E-state index in [4.69, 9.17) is 13.3 Å². The smallest absolute Gasteiger partial charge is 0.347 e. The van der Waals surface area contributed by atoms with Gasteiger partial charge in [0, 0.05) is 22.4 Å². The van der Waals surface area contributed by atoms with E-state index in [0.717, 1.165) is 5.39 Å². The number of carbonyl (C=O) groups excluding carboxylic acids is 1. The van der Waals surface area contributed by atoms with Crippen LogP contribution in [-0.4, -0.2) is 5.78 Å². The van der Waals surface area contributed by atoms with Crippen molar-refractivity contribution in [2.75, 3.05) is 0 Å². The maximum absolute atomic E-state index is 12.8. The molecule has 5 rings (SSSR count). The quantitative estimate of drug-likeness (QED) is 0.301. The summed E-state index contributed by atoms with van der Waals surface area (Å²) in [5, 5.41) is 1.73. The number of aryl methyl sites for hydroxylation is 2. The number of Topliss-reactive ketones (excluding diaryl/α,β-unsaturated/α-hetero) is 1. The van der Waals surface area contributed by atoms with E-state index in [0.29, 0.717) is 44.4 Å². The lowest BCUT2D eigenvalue weighted by Gasteiger charge is -2.04. The average Bonchev–Trinajstić information content (AvgIpc) is 3.01. The van der Waals surface area contributed by atoms with Crippen molar-refractivity contribution in [2.24, 2.45) is 0 Å². The highest BCUT2D eigenvalue weighted by molar-refractivity contribution is 6.02. The van der Waals surface area contributed by atoms with E-state index in [9.17, 15) is 14.4 Å². The van der Waals surface area contributed by atoms with Crippen molar-refractivity contribution in [3.63, 3.8) is 0 Å². The van der Waals surface area contributed by atoms with Gasteiger partial charge in [-0.15, -0.1) is 0 Å². The third-order valence-electron chi connectivity index (χ3n) is 5.36. The van der Waals surface area contributed by atoms with Crippen molar-refractivity contribution < 1.29 is 18.0 Å². The van der Waals surface area contributed by atoms with Crippen LogP contribution in [0.15, 0.2) is 65.3 Å². The molecular formula is C24H16O6. The molecule has 30 heavy (non-hydrogen) atoms. The largest absolute Gasteiger partial charge is 0.460 e. The second-order valence-electron chi connectivity index (χ2n) is 7.30. The molecular weight excluding hydrogens is 384 g/mol. The van der Waals surface area contributed by atoms with Gasteiger partial charge in [-0.3, -0.25) is 9.59 Å². The molecule has 0 fully saturated rings. The van der Waals surface area contributed by atoms with Gasteiger partial charge in [-0.25, -0.2) is 4.79 Å². The molecule has 3 aromatic heterocycles. The molecule has 5 aromatic rings. The molecule has 0 aliphatic carbocycles. The van der Waals surface area contributed by atoms with Crippen LogP contribution in [0.25, 0.3) is 44.2 Å². The molecule has 3 heterocycles. The number of furan rings is 1. The van der Waals surface area contributed by atoms with Crippen molar-refractivity contribution >= 4 is 38.7 Å². The summed E-state index contributed by atoms with van der Waals surface area (Å²) in [4.78, 5) is 37.3. The van der Waals surface area contributed by atoms with Gasteiger partial charge in [0.05, 0.1) is 5.39 Å². The molecule has 0 atom stereocenters. The summed E-state index contributed by atoms with van der Waals surface area (Å²) in [6, 6.07) is 12.2. The summed E-state index contributed by atoms with van der Waals surface area (Å²) in [5.41, 5.74) is 1.43. The Bertz CT molecular complexity index is 1630. The highest BCUT2D eigenvalue weighted by Crippen LogP contribution is 2.35. The molecule has 0 radical (unpaired) electrons. The second-order valence-corrected chi connectivity index (χ2v) is 7.30. The van der Waals surface area contributed by atoms with Crippen molar-refractivity contribution in [2.45, 2.75) is 20.8 Å². The number of hydrogen-bond donors (Lipinski definition) is 0. The van der Waals surface area contributed by atoms with Crippen LogP contribution in [0, 0.1) is 13.8 Å². The monoisotopic (exact) mass is 400 g/mol. The van der Waals surface area contributed by atoms with Crippen molar-refractivity contribution in [1.82, 2.24) is 0 Å². The molecule has 0 saturated heterocycles. The van der Waals surface area contributed by atoms with Gasteiger partial charge in [-0.2, -0.15) is 0 Å².